The van der Waals surface area contributed by atoms with E-state index in [2.05, 4.69) is 10.4 Å². The molecule has 1 amide bonds. The molecule has 0 aliphatic rings. The van der Waals surface area contributed by atoms with Gasteiger partial charge in [0.15, 0.2) is 0 Å². The zero-order valence-corrected chi connectivity index (χ0v) is 14.3. The minimum Gasteiger partial charge on any atom is -0.353 e. The molecule has 0 bridgehead atoms. The number of carbonyl (C=O) groups is 1. The molecule has 0 aliphatic carbocycles. The van der Waals surface area contributed by atoms with Crippen molar-refractivity contribution in [1.29, 1.82) is 0 Å². The third-order valence-corrected chi connectivity index (χ3v) is 3.85. The molecule has 2 rings (SSSR count). The highest BCUT2D eigenvalue weighted by molar-refractivity contribution is 5.75. The van der Waals surface area contributed by atoms with E-state index in [9.17, 15) is 13.6 Å². The molecule has 5 nitrogen and oxygen atoms in total. The van der Waals surface area contributed by atoms with Gasteiger partial charge in [-0.05, 0) is 46.1 Å². The maximum absolute atomic E-state index is 14.0. The summed E-state index contributed by atoms with van der Waals surface area (Å²) in [5.41, 5.74) is 1.67. The zero-order valence-electron chi connectivity index (χ0n) is 14.3. The molecule has 2 aromatic rings. The number of hydrogen-bond donors (Lipinski definition) is 1. The number of benzene rings is 1. The molecule has 0 fully saturated rings. The first-order valence-corrected chi connectivity index (χ1v) is 7.67. The molecule has 1 aromatic heterocycles. The van der Waals surface area contributed by atoms with Gasteiger partial charge < -0.3 is 10.2 Å². The predicted molar refractivity (Wildman–Crippen MR) is 87.5 cm³/mol. The van der Waals surface area contributed by atoms with Crippen LogP contribution in [-0.2, 0) is 11.3 Å². The second-order valence-electron chi connectivity index (χ2n) is 6.00. The van der Waals surface area contributed by atoms with Crippen LogP contribution in [0.5, 0.6) is 0 Å². The smallest absolute Gasteiger partial charge is 0.241 e. The van der Waals surface area contributed by atoms with E-state index in [0.717, 1.165) is 11.4 Å². The molecule has 1 N–H and O–H groups in total. The third kappa shape index (κ3) is 4.17. The number of carbonyl (C=O) groups excluding carboxylic acids is 1. The maximum Gasteiger partial charge on any atom is 0.241 e. The summed E-state index contributed by atoms with van der Waals surface area (Å²) in [5, 5.41) is 6.95. The lowest BCUT2D eigenvalue weighted by Gasteiger charge is -2.25. The Labute approximate surface area is 140 Å². The molecule has 0 saturated heterocycles. The fourth-order valence-corrected chi connectivity index (χ4v) is 2.61. The fourth-order valence-electron chi connectivity index (χ4n) is 2.61. The first kappa shape index (κ1) is 18.1. The van der Waals surface area contributed by atoms with Gasteiger partial charge in [0, 0.05) is 17.8 Å². The van der Waals surface area contributed by atoms with E-state index in [-0.39, 0.29) is 24.6 Å². The molecule has 0 radical (unpaired) electrons. The van der Waals surface area contributed by atoms with E-state index in [1.807, 2.05) is 19.9 Å². The number of amides is 1. The monoisotopic (exact) mass is 336 g/mol. The molecular weight excluding hydrogens is 314 g/mol. The van der Waals surface area contributed by atoms with E-state index >= 15 is 0 Å². The molecule has 0 aliphatic heterocycles. The van der Waals surface area contributed by atoms with Crippen molar-refractivity contribution in [2.24, 2.45) is 0 Å². The van der Waals surface area contributed by atoms with Gasteiger partial charge in [0.05, 0.1) is 11.7 Å². The first-order chi connectivity index (χ1) is 11.3. The Bertz CT molecular complexity index is 707. The van der Waals surface area contributed by atoms with Gasteiger partial charge in [-0.1, -0.05) is 6.07 Å². The van der Waals surface area contributed by atoms with Crippen LogP contribution in [0.2, 0.25) is 0 Å². The fraction of sp³-hybridized carbons (Fsp3) is 0.412. The summed E-state index contributed by atoms with van der Waals surface area (Å²) in [4.78, 5) is 13.8. The van der Waals surface area contributed by atoms with Gasteiger partial charge in [-0.15, -0.1) is 0 Å². The Kier molecular flexibility index (Phi) is 5.66. The van der Waals surface area contributed by atoms with Crippen molar-refractivity contribution in [1.82, 2.24) is 20.0 Å². The molecule has 1 heterocycles. The minimum atomic E-state index is -0.624. The Hall–Kier alpha value is -2.28. The highest BCUT2D eigenvalue weighted by atomic mass is 19.1. The number of likely N-dealkylation sites (N-methyl/N-ethyl adjacent to an activating group) is 1. The molecule has 130 valence electrons. The quantitative estimate of drug-likeness (QED) is 0.880. The Morgan fingerprint density at radius 3 is 2.42 bits per heavy atom. The van der Waals surface area contributed by atoms with E-state index < -0.39 is 17.7 Å². The summed E-state index contributed by atoms with van der Waals surface area (Å²) in [5.74, 6) is -1.51. The number of rotatable bonds is 6. The van der Waals surface area contributed by atoms with Crippen molar-refractivity contribution >= 4 is 5.91 Å². The summed E-state index contributed by atoms with van der Waals surface area (Å²) in [6.45, 7) is 3.89. The van der Waals surface area contributed by atoms with E-state index in [1.165, 1.54) is 18.2 Å². The number of aromatic nitrogens is 2. The second-order valence-corrected chi connectivity index (χ2v) is 6.00. The van der Waals surface area contributed by atoms with Gasteiger partial charge in [0.25, 0.3) is 0 Å². The van der Waals surface area contributed by atoms with Gasteiger partial charge in [0.1, 0.15) is 18.2 Å². The highest BCUT2D eigenvalue weighted by Crippen LogP contribution is 2.23. The molecule has 24 heavy (non-hydrogen) atoms. The SMILES string of the molecule is Cc1cc(C)n(CC(=O)NCC(c2c(F)cccc2F)N(C)C)n1. The molecule has 1 atom stereocenters. The van der Waals surface area contributed by atoms with Crippen LogP contribution in [0.15, 0.2) is 24.3 Å². The average molecular weight is 336 g/mol. The van der Waals surface area contributed by atoms with Crippen molar-refractivity contribution in [3.05, 3.63) is 52.9 Å². The lowest BCUT2D eigenvalue weighted by Crippen LogP contribution is -2.37. The van der Waals surface area contributed by atoms with Crippen LogP contribution in [0.3, 0.4) is 0 Å². The summed E-state index contributed by atoms with van der Waals surface area (Å²) in [6.07, 6.45) is 0. The van der Waals surface area contributed by atoms with Crippen LogP contribution in [0, 0.1) is 25.5 Å². The molecule has 7 heteroatoms. The van der Waals surface area contributed by atoms with Crippen molar-refractivity contribution in [2.75, 3.05) is 20.6 Å². The van der Waals surface area contributed by atoms with E-state index in [0.29, 0.717) is 0 Å². The van der Waals surface area contributed by atoms with Crippen LogP contribution < -0.4 is 5.32 Å². The van der Waals surface area contributed by atoms with Crippen LogP contribution in [0.25, 0.3) is 0 Å². The van der Waals surface area contributed by atoms with Crippen molar-refractivity contribution in [3.63, 3.8) is 0 Å². The summed E-state index contributed by atoms with van der Waals surface area (Å²) >= 11 is 0. The Balaban J connectivity index is 2.07. The highest BCUT2D eigenvalue weighted by Gasteiger charge is 2.22. The topological polar surface area (TPSA) is 50.2 Å². The second kappa shape index (κ2) is 7.53. The average Bonchev–Trinajstić information content (AvgIpc) is 2.79. The number of nitrogens with one attached hydrogen (secondary N) is 1. The summed E-state index contributed by atoms with van der Waals surface area (Å²) in [7, 11) is 3.42. The van der Waals surface area contributed by atoms with Crippen LogP contribution in [-0.4, -0.2) is 41.2 Å². The van der Waals surface area contributed by atoms with Crippen molar-refractivity contribution in [3.8, 4) is 0 Å². The minimum absolute atomic E-state index is 0.0473. The van der Waals surface area contributed by atoms with Gasteiger partial charge in [-0.2, -0.15) is 5.10 Å². The standard InChI is InChI=1S/C17H22F2N4O/c1-11-8-12(2)23(21-11)10-16(24)20-9-15(22(3)4)17-13(18)6-5-7-14(17)19/h5-8,15H,9-10H2,1-4H3,(H,20,24). The number of halogens is 2. The molecule has 0 spiro atoms. The predicted octanol–water partition coefficient (Wildman–Crippen LogP) is 2.20. The summed E-state index contributed by atoms with van der Waals surface area (Å²) in [6, 6.07) is 5.03. The molecular formula is C17H22F2N4O. The first-order valence-electron chi connectivity index (χ1n) is 7.67. The third-order valence-electron chi connectivity index (χ3n) is 3.85. The Morgan fingerprint density at radius 1 is 1.29 bits per heavy atom. The van der Waals surface area contributed by atoms with Gasteiger partial charge in [-0.25, -0.2) is 8.78 Å². The van der Waals surface area contributed by atoms with Gasteiger partial charge in [0.2, 0.25) is 5.91 Å². The normalized spacial score (nSPS) is 12.5. The number of nitrogens with zero attached hydrogens (tertiary/aromatic N) is 3. The molecule has 0 saturated carbocycles. The van der Waals surface area contributed by atoms with Crippen LogP contribution >= 0.6 is 0 Å². The van der Waals surface area contributed by atoms with Crippen LogP contribution in [0.4, 0.5) is 8.78 Å². The number of hydrogen-bond acceptors (Lipinski definition) is 3. The summed E-state index contributed by atoms with van der Waals surface area (Å²) < 4.78 is 29.6. The largest absolute Gasteiger partial charge is 0.353 e. The van der Waals surface area contributed by atoms with Crippen molar-refractivity contribution in [2.45, 2.75) is 26.4 Å². The number of aryl methyl sites for hydroxylation is 2. The van der Waals surface area contributed by atoms with E-state index in [4.69, 9.17) is 0 Å². The Morgan fingerprint density at radius 2 is 1.92 bits per heavy atom. The van der Waals surface area contributed by atoms with Gasteiger partial charge >= 0.3 is 0 Å². The van der Waals surface area contributed by atoms with Crippen molar-refractivity contribution < 1.29 is 13.6 Å². The zero-order chi connectivity index (χ0) is 17.9. The lowest BCUT2D eigenvalue weighted by molar-refractivity contribution is -0.122. The van der Waals surface area contributed by atoms with Crippen LogP contribution in [0.1, 0.15) is 23.0 Å². The maximum atomic E-state index is 14.0. The van der Waals surface area contributed by atoms with E-state index in [1.54, 1.807) is 23.7 Å². The molecule has 1 aromatic carbocycles. The lowest BCUT2D eigenvalue weighted by atomic mass is 10.0. The molecule has 1 unspecified atom stereocenters. The van der Waals surface area contributed by atoms with Gasteiger partial charge in [-0.3, -0.25) is 9.48 Å².